The highest BCUT2D eigenvalue weighted by Crippen LogP contribution is 2.37. The van der Waals surface area contributed by atoms with Gasteiger partial charge in [0.15, 0.2) is 5.78 Å². The van der Waals surface area contributed by atoms with Gasteiger partial charge in [0, 0.05) is 17.5 Å². The van der Waals surface area contributed by atoms with Gasteiger partial charge in [0.25, 0.3) is 0 Å². The molecule has 6 heteroatoms. The first-order chi connectivity index (χ1) is 19.0. The van der Waals surface area contributed by atoms with E-state index in [1.54, 1.807) is 25.3 Å². The maximum atomic E-state index is 13.4. The van der Waals surface area contributed by atoms with Crippen LogP contribution in [0, 0.1) is 0 Å². The molecule has 1 heterocycles. The number of aromatic carboxylic acids is 1. The first kappa shape index (κ1) is 25.9. The van der Waals surface area contributed by atoms with Gasteiger partial charge in [-0.2, -0.15) is 0 Å². The van der Waals surface area contributed by atoms with Gasteiger partial charge in [-0.25, -0.2) is 9.78 Å². The van der Waals surface area contributed by atoms with Crippen LogP contribution < -0.4 is 4.74 Å². The van der Waals surface area contributed by atoms with Crippen LogP contribution in [-0.2, 0) is 0 Å². The average molecular weight is 519 g/mol. The minimum atomic E-state index is -1.11. The minimum absolute atomic E-state index is 0.0539. The zero-order valence-electron chi connectivity index (χ0n) is 22.0. The predicted molar refractivity (Wildman–Crippen MR) is 154 cm³/mol. The van der Waals surface area contributed by atoms with Crippen LogP contribution >= 0.6 is 0 Å². The number of fused-ring (bicyclic) bond motifs is 1. The smallest absolute Gasteiger partial charge is 0.336 e. The van der Waals surface area contributed by atoms with Gasteiger partial charge in [-0.15, -0.1) is 0 Å². The molecule has 0 saturated carbocycles. The van der Waals surface area contributed by atoms with Crippen molar-refractivity contribution in [2.45, 2.75) is 32.1 Å². The predicted octanol–water partition coefficient (Wildman–Crippen LogP) is 7.76. The van der Waals surface area contributed by atoms with Crippen molar-refractivity contribution in [2.24, 2.45) is 0 Å². The fourth-order valence-electron chi connectivity index (χ4n) is 5.09. The summed E-state index contributed by atoms with van der Waals surface area (Å²) in [5, 5.41) is 10.2. The van der Waals surface area contributed by atoms with Crippen LogP contribution in [0.5, 0.6) is 5.75 Å². The van der Waals surface area contributed by atoms with E-state index in [1.165, 1.54) is 6.07 Å². The number of nitrogens with one attached hydrogen (secondary N) is 1. The van der Waals surface area contributed by atoms with Crippen LogP contribution in [-0.4, -0.2) is 33.9 Å². The van der Waals surface area contributed by atoms with E-state index < -0.39 is 5.97 Å². The molecule has 0 fully saturated rings. The summed E-state index contributed by atoms with van der Waals surface area (Å²) in [4.78, 5) is 33.9. The highest BCUT2D eigenvalue weighted by molar-refractivity contribution is 6.04. The van der Waals surface area contributed by atoms with Crippen LogP contribution in [0.25, 0.3) is 33.5 Å². The van der Waals surface area contributed by atoms with Crippen LogP contribution in [0.4, 0.5) is 0 Å². The van der Waals surface area contributed by atoms with E-state index in [1.807, 2.05) is 66.7 Å². The molecule has 0 aliphatic heterocycles. The lowest BCUT2D eigenvalue weighted by Gasteiger charge is -2.17. The number of ether oxygens (including phenoxy) is 1. The van der Waals surface area contributed by atoms with Crippen molar-refractivity contribution in [1.29, 1.82) is 0 Å². The van der Waals surface area contributed by atoms with E-state index >= 15 is 0 Å². The van der Waals surface area contributed by atoms with Crippen LogP contribution in [0.15, 0.2) is 91.0 Å². The van der Waals surface area contributed by atoms with Gasteiger partial charge < -0.3 is 14.8 Å². The second-order valence-electron chi connectivity index (χ2n) is 9.60. The third-order valence-electron chi connectivity index (χ3n) is 7.07. The van der Waals surface area contributed by atoms with Crippen LogP contribution in [0.2, 0.25) is 0 Å². The van der Waals surface area contributed by atoms with Crippen molar-refractivity contribution in [3.05, 3.63) is 108 Å². The molecule has 0 aliphatic carbocycles. The molecule has 1 atom stereocenters. The molecule has 2 N–H and O–H groups in total. The molecule has 1 aromatic heterocycles. The number of hydrogen-bond donors (Lipinski definition) is 2. The Morgan fingerprint density at radius 1 is 0.897 bits per heavy atom. The van der Waals surface area contributed by atoms with Crippen LogP contribution in [0.3, 0.4) is 0 Å². The summed E-state index contributed by atoms with van der Waals surface area (Å²) >= 11 is 0. The lowest BCUT2D eigenvalue weighted by Crippen LogP contribution is -2.10. The number of Topliss-reactive ketones (excluding diaryl/α,β-unsaturated/α-hetero) is 1. The maximum absolute atomic E-state index is 13.4. The van der Waals surface area contributed by atoms with Gasteiger partial charge in [0.1, 0.15) is 11.6 Å². The molecule has 0 unspecified atom stereocenters. The number of H-pyrrole nitrogens is 1. The van der Waals surface area contributed by atoms with Gasteiger partial charge in [-0.05, 0) is 65.4 Å². The van der Waals surface area contributed by atoms with E-state index in [4.69, 9.17) is 9.72 Å². The number of carboxylic acid groups (broad SMARTS) is 1. The van der Waals surface area contributed by atoms with Crippen molar-refractivity contribution in [1.82, 2.24) is 9.97 Å². The van der Waals surface area contributed by atoms with Crippen molar-refractivity contribution >= 4 is 22.8 Å². The summed E-state index contributed by atoms with van der Waals surface area (Å²) in [7, 11) is 1.57. The molecular formula is C33H30N2O4. The number of aromatic amines is 1. The number of carbonyl (C=O) groups excluding carboxylic acids is 1. The molecule has 0 aliphatic rings. The second kappa shape index (κ2) is 11.4. The number of aromatic nitrogens is 2. The fraction of sp³-hybridized carbons (Fsp3) is 0.182. The van der Waals surface area contributed by atoms with E-state index in [2.05, 4.69) is 11.9 Å². The standard InChI is InChI=1S/C33H30N2O4/c1-3-9-22(21-10-5-4-6-11-21)19-31(36)23-14-16-25(28(18-23)33(37)38)27-20-24(39-2)15-17-26(27)32-34-29-12-7-8-13-30(29)35-32/h4-8,10-18,20,22H,3,9,19H2,1-2H3,(H,34,35)(H,37,38)/t22-/m0/s1. The molecule has 5 rings (SSSR count). The number of nitrogens with zero attached hydrogens (tertiary/aromatic N) is 1. The zero-order valence-corrected chi connectivity index (χ0v) is 22.0. The largest absolute Gasteiger partial charge is 0.497 e. The number of imidazole rings is 1. The number of benzene rings is 4. The monoisotopic (exact) mass is 518 g/mol. The molecular weight excluding hydrogens is 488 g/mol. The van der Waals surface area contributed by atoms with Crippen molar-refractivity contribution in [3.8, 4) is 28.3 Å². The van der Waals surface area contributed by atoms with Gasteiger partial charge in [-0.3, -0.25) is 4.79 Å². The Labute approximate surface area is 227 Å². The molecule has 196 valence electrons. The van der Waals surface area contributed by atoms with Gasteiger partial charge in [0.05, 0.1) is 23.7 Å². The molecule has 5 aromatic rings. The Kier molecular flexibility index (Phi) is 7.55. The number of carboxylic acids is 1. The van der Waals surface area contributed by atoms with Gasteiger partial charge in [0.2, 0.25) is 0 Å². The van der Waals surface area contributed by atoms with Crippen molar-refractivity contribution < 1.29 is 19.4 Å². The van der Waals surface area contributed by atoms with E-state index in [0.29, 0.717) is 34.7 Å². The topological polar surface area (TPSA) is 92.3 Å². The van der Waals surface area contributed by atoms with Crippen molar-refractivity contribution in [2.75, 3.05) is 7.11 Å². The summed E-state index contributed by atoms with van der Waals surface area (Å²) < 4.78 is 5.47. The number of ketones is 1. The Balaban J connectivity index is 1.55. The van der Waals surface area contributed by atoms with E-state index in [9.17, 15) is 14.7 Å². The Morgan fingerprint density at radius 3 is 2.36 bits per heavy atom. The van der Waals surface area contributed by atoms with Gasteiger partial charge in [-0.1, -0.05) is 67.9 Å². The fourth-order valence-corrected chi connectivity index (χ4v) is 5.09. The number of hydrogen-bond acceptors (Lipinski definition) is 4. The van der Waals surface area contributed by atoms with E-state index in [0.717, 1.165) is 35.0 Å². The molecule has 0 saturated heterocycles. The van der Waals surface area contributed by atoms with E-state index in [-0.39, 0.29) is 17.3 Å². The molecule has 4 aromatic carbocycles. The molecule has 0 spiro atoms. The SMILES string of the molecule is CCC[C@@H](CC(=O)c1ccc(-c2cc(OC)ccc2-c2nc3ccccc3[nH]2)c(C(=O)O)c1)c1ccccc1. The highest BCUT2D eigenvalue weighted by Gasteiger charge is 2.22. The van der Waals surface area contributed by atoms with Gasteiger partial charge >= 0.3 is 5.97 Å². The summed E-state index contributed by atoms with van der Waals surface area (Å²) in [6.45, 7) is 2.10. The molecule has 39 heavy (non-hydrogen) atoms. The summed E-state index contributed by atoms with van der Waals surface area (Å²) in [6, 6.07) is 28.2. The highest BCUT2D eigenvalue weighted by atomic mass is 16.5. The minimum Gasteiger partial charge on any atom is -0.497 e. The quantitative estimate of drug-likeness (QED) is 0.184. The number of methoxy groups -OCH3 is 1. The van der Waals surface area contributed by atoms with Crippen molar-refractivity contribution in [3.63, 3.8) is 0 Å². The van der Waals surface area contributed by atoms with Crippen LogP contribution in [0.1, 0.15) is 58.4 Å². The molecule has 0 amide bonds. The zero-order chi connectivity index (χ0) is 27.4. The summed E-state index contributed by atoms with van der Waals surface area (Å²) in [5.41, 5.74) is 5.14. The Hall–Kier alpha value is -4.71. The second-order valence-corrected chi connectivity index (χ2v) is 9.60. The normalized spacial score (nSPS) is 11.8. The first-order valence-corrected chi connectivity index (χ1v) is 13.1. The molecule has 0 bridgehead atoms. The third-order valence-corrected chi connectivity index (χ3v) is 7.07. The number of para-hydroxylation sites is 2. The summed E-state index contributed by atoms with van der Waals surface area (Å²) in [5.74, 6) is 0.109. The Bertz CT molecular complexity index is 1610. The first-order valence-electron chi connectivity index (χ1n) is 13.1. The Morgan fingerprint density at radius 2 is 1.64 bits per heavy atom. The lowest BCUT2D eigenvalue weighted by molar-refractivity contribution is 0.0697. The number of carbonyl (C=O) groups is 2. The summed E-state index contributed by atoms with van der Waals surface area (Å²) in [6.07, 6.45) is 2.15. The molecule has 0 radical (unpaired) electrons. The molecule has 6 nitrogen and oxygen atoms in total. The average Bonchev–Trinajstić information content (AvgIpc) is 3.41. The maximum Gasteiger partial charge on any atom is 0.336 e. The number of rotatable bonds is 10. The third kappa shape index (κ3) is 5.46. The lowest BCUT2D eigenvalue weighted by atomic mass is 9.87.